The normalized spacial score (nSPS) is 19.7. The van der Waals surface area contributed by atoms with Crippen LogP contribution in [-0.4, -0.2) is 34.3 Å². The molecule has 1 unspecified atom stereocenters. The third-order valence-electron chi connectivity index (χ3n) is 6.37. The predicted molar refractivity (Wildman–Crippen MR) is 119 cm³/mol. The number of nitrogens with zero attached hydrogens (tertiary/aromatic N) is 3. The lowest BCUT2D eigenvalue weighted by Crippen LogP contribution is -2.34. The maximum Gasteiger partial charge on any atom is 0.133 e. The molecule has 3 aromatic rings. The minimum absolute atomic E-state index is 0.214. The van der Waals surface area contributed by atoms with E-state index in [2.05, 4.69) is 40.5 Å². The SMILES string of the molecule is Fc1ccc(-n2nc(C3CCCN(Cc4ccccc4)C3)c3c2NCCCC3)cc1. The molecule has 1 N–H and O–H groups in total. The summed E-state index contributed by atoms with van der Waals surface area (Å²) in [6, 6.07) is 17.4. The van der Waals surface area contributed by atoms with E-state index in [1.165, 1.54) is 54.6 Å². The van der Waals surface area contributed by atoms with E-state index in [4.69, 9.17) is 5.10 Å². The maximum atomic E-state index is 13.5. The van der Waals surface area contributed by atoms with Crippen molar-refractivity contribution in [3.05, 3.63) is 77.2 Å². The van der Waals surface area contributed by atoms with Gasteiger partial charge in [-0.1, -0.05) is 30.3 Å². The first kappa shape index (κ1) is 19.3. The van der Waals surface area contributed by atoms with Crippen LogP contribution in [0.25, 0.3) is 5.69 Å². The zero-order chi connectivity index (χ0) is 20.3. The minimum Gasteiger partial charge on any atom is -0.370 e. The number of anilines is 1. The van der Waals surface area contributed by atoms with Gasteiger partial charge < -0.3 is 5.32 Å². The van der Waals surface area contributed by atoms with Gasteiger partial charge in [-0.2, -0.15) is 5.10 Å². The van der Waals surface area contributed by atoms with Crippen LogP contribution in [0.4, 0.5) is 10.2 Å². The number of benzene rings is 2. The Morgan fingerprint density at radius 2 is 1.83 bits per heavy atom. The van der Waals surface area contributed by atoms with E-state index in [1.807, 2.05) is 16.8 Å². The molecule has 0 amide bonds. The fraction of sp³-hybridized carbons (Fsp3) is 0.400. The fourth-order valence-electron chi connectivity index (χ4n) is 4.89. The van der Waals surface area contributed by atoms with Gasteiger partial charge >= 0.3 is 0 Å². The van der Waals surface area contributed by atoms with Crippen molar-refractivity contribution >= 4 is 5.82 Å². The van der Waals surface area contributed by atoms with E-state index >= 15 is 0 Å². The summed E-state index contributed by atoms with van der Waals surface area (Å²) >= 11 is 0. The number of fused-ring (bicyclic) bond motifs is 1. The second kappa shape index (κ2) is 8.60. The number of halogens is 1. The largest absolute Gasteiger partial charge is 0.370 e. The number of hydrogen-bond acceptors (Lipinski definition) is 3. The molecule has 0 radical (unpaired) electrons. The monoisotopic (exact) mass is 404 g/mol. The van der Waals surface area contributed by atoms with Gasteiger partial charge in [0.25, 0.3) is 0 Å². The van der Waals surface area contributed by atoms with Crippen LogP contribution in [0.1, 0.15) is 48.4 Å². The van der Waals surface area contributed by atoms with E-state index in [0.717, 1.165) is 44.1 Å². The highest BCUT2D eigenvalue weighted by Gasteiger charge is 2.29. The summed E-state index contributed by atoms with van der Waals surface area (Å²) in [5.41, 5.74) is 4.89. The lowest BCUT2D eigenvalue weighted by atomic mass is 9.91. The number of aromatic nitrogens is 2. The molecule has 30 heavy (non-hydrogen) atoms. The topological polar surface area (TPSA) is 33.1 Å². The summed E-state index contributed by atoms with van der Waals surface area (Å²) in [5.74, 6) is 1.33. The van der Waals surface area contributed by atoms with Crippen molar-refractivity contribution in [1.29, 1.82) is 0 Å². The average Bonchev–Trinajstić information content (AvgIpc) is 2.96. The highest BCUT2D eigenvalue weighted by molar-refractivity contribution is 5.55. The summed E-state index contributed by atoms with van der Waals surface area (Å²) in [4.78, 5) is 2.57. The molecule has 5 rings (SSSR count). The molecule has 2 aliphatic heterocycles. The number of hydrogen-bond donors (Lipinski definition) is 1. The Bertz CT molecular complexity index is 980. The van der Waals surface area contributed by atoms with Gasteiger partial charge in [0, 0.05) is 31.1 Å². The third-order valence-corrected chi connectivity index (χ3v) is 6.37. The summed E-state index contributed by atoms with van der Waals surface area (Å²) < 4.78 is 15.5. The molecular formula is C25H29FN4. The molecule has 1 atom stereocenters. The quantitative estimate of drug-likeness (QED) is 0.654. The highest BCUT2D eigenvalue weighted by Crippen LogP contribution is 2.36. The molecule has 1 saturated heterocycles. The van der Waals surface area contributed by atoms with E-state index in [1.54, 1.807) is 0 Å². The van der Waals surface area contributed by atoms with Crippen LogP contribution in [0.15, 0.2) is 54.6 Å². The van der Waals surface area contributed by atoms with Crippen molar-refractivity contribution in [3.63, 3.8) is 0 Å². The molecule has 3 heterocycles. The van der Waals surface area contributed by atoms with Crippen LogP contribution in [0, 0.1) is 5.82 Å². The number of piperidine rings is 1. The first-order chi connectivity index (χ1) is 14.8. The van der Waals surface area contributed by atoms with Gasteiger partial charge in [0.15, 0.2) is 0 Å². The van der Waals surface area contributed by atoms with Gasteiger partial charge in [0.1, 0.15) is 11.6 Å². The molecule has 156 valence electrons. The Balaban J connectivity index is 1.45. The number of likely N-dealkylation sites (tertiary alicyclic amines) is 1. The van der Waals surface area contributed by atoms with Crippen LogP contribution < -0.4 is 5.32 Å². The molecule has 1 aromatic heterocycles. The van der Waals surface area contributed by atoms with Crippen LogP contribution in [0.5, 0.6) is 0 Å². The predicted octanol–water partition coefficient (Wildman–Crippen LogP) is 5.14. The van der Waals surface area contributed by atoms with Crippen LogP contribution in [-0.2, 0) is 13.0 Å². The van der Waals surface area contributed by atoms with E-state index in [-0.39, 0.29) is 5.82 Å². The summed E-state index contributed by atoms with van der Waals surface area (Å²) in [7, 11) is 0. The molecule has 0 aliphatic carbocycles. The van der Waals surface area contributed by atoms with E-state index in [0.29, 0.717) is 5.92 Å². The second-order valence-electron chi connectivity index (χ2n) is 8.54. The number of rotatable bonds is 4. The first-order valence-electron chi connectivity index (χ1n) is 11.2. The molecule has 1 fully saturated rings. The Morgan fingerprint density at radius 3 is 2.67 bits per heavy atom. The molecule has 5 heteroatoms. The van der Waals surface area contributed by atoms with Gasteiger partial charge in [0.05, 0.1) is 11.4 Å². The van der Waals surface area contributed by atoms with Crippen molar-refractivity contribution in [3.8, 4) is 5.69 Å². The van der Waals surface area contributed by atoms with Gasteiger partial charge in [-0.25, -0.2) is 9.07 Å². The molecule has 2 aromatic carbocycles. The van der Waals surface area contributed by atoms with E-state index < -0.39 is 0 Å². The van der Waals surface area contributed by atoms with Gasteiger partial charge in [-0.05, 0) is 68.5 Å². The smallest absolute Gasteiger partial charge is 0.133 e. The summed E-state index contributed by atoms with van der Waals surface area (Å²) in [6.45, 7) is 4.15. The van der Waals surface area contributed by atoms with E-state index in [9.17, 15) is 4.39 Å². The zero-order valence-electron chi connectivity index (χ0n) is 17.4. The molecule has 0 spiro atoms. The lowest BCUT2D eigenvalue weighted by Gasteiger charge is -2.32. The van der Waals surface area contributed by atoms with Crippen molar-refractivity contribution in [2.45, 2.75) is 44.6 Å². The van der Waals surface area contributed by atoms with Crippen molar-refractivity contribution in [1.82, 2.24) is 14.7 Å². The molecule has 0 bridgehead atoms. The Hall–Kier alpha value is -2.66. The average molecular weight is 405 g/mol. The zero-order valence-corrected chi connectivity index (χ0v) is 17.4. The Morgan fingerprint density at radius 1 is 1.00 bits per heavy atom. The standard InChI is InChI=1S/C25H29FN4/c26-21-11-13-22(14-12-21)30-25-23(10-4-5-15-27-25)24(28-30)20-9-6-16-29(18-20)17-19-7-2-1-3-8-19/h1-3,7-8,11-14,20,27H,4-6,9-10,15-18H2. The minimum atomic E-state index is -0.214. The lowest BCUT2D eigenvalue weighted by molar-refractivity contribution is 0.198. The molecule has 0 saturated carbocycles. The number of nitrogens with one attached hydrogen (secondary N) is 1. The second-order valence-corrected chi connectivity index (χ2v) is 8.54. The van der Waals surface area contributed by atoms with Gasteiger partial charge in [-0.3, -0.25) is 4.90 Å². The van der Waals surface area contributed by atoms with Crippen molar-refractivity contribution in [2.75, 3.05) is 25.0 Å². The van der Waals surface area contributed by atoms with Crippen molar-refractivity contribution < 1.29 is 4.39 Å². The fourth-order valence-corrected chi connectivity index (χ4v) is 4.89. The van der Waals surface area contributed by atoms with Crippen LogP contribution in [0.2, 0.25) is 0 Å². The molecular weight excluding hydrogens is 375 g/mol. The van der Waals surface area contributed by atoms with Gasteiger partial charge in [-0.15, -0.1) is 0 Å². The molecule has 2 aliphatic rings. The third kappa shape index (κ3) is 3.99. The first-order valence-corrected chi connectivity index (χ1v) is 11.2. The maximum absolute atomic E-state index is 13.5. The van der Waals surface area contributed by atoms with Crippen LogP contribution >= 0.6 is 0 Å². The summed E-state index contributed by atoms with van der Waals surface area (Å²) in [5, 5.41) is 8.71. The summed E-state index contributed by atoms with van der Waals surface area (Å²) in [6.07, 6.45) is 5.79. The van der Waals surface area contributed by atoms with Crippen molar-refractivity contribution in [2.24, 2.45) is 0 Å². The Kier molecular flexibility index (Phi) is 5.54. The van der Waals surface area contributed by atoms with Crippen LogP contribution in [0.3, 0.4) is 0 Å². The molecule has 4 nitrogen and oxygen atoms in total. The highest BCUT2D eigenvalue weighted by atomic mass is 19.1. The van der Waals surface area contributed by atoms with Gasteiger partial charge in [0.2, 0.25) is 0 Å². The Labute approximate surface area is 177 Å².